The number of hydrogen-bond donors (Lipinski definition) is 3. The van der Waals surface area contributed by atoms with Gasteiger partial charge >= 0.3 is 5.69 Å². The number of carbonyl (C=O) groups is 1. The molecule has 0 unspecified atom stereocenters. The summed E-state index contributed by atoms with van der Waals surface area (Å²) in [5, 5.41) is 2.61. The Bertz CT molecular complexity index is 690. The highest BCUT2D eigenvalue weighted by atomic mass is 19.1. The number of aromatic amines is 2. The SMILES string of the molecule is O=C(Cc1cc(=O)[nH]c(=O)[nH]1)NCc1ccc(F)cc1. The molecule has 1 aromatic heterocycles. The zero-order valence-corrected chi connectivity index (χ0v) is 10.4. The maximum absolute atomic E-state index is 12.7. The van der Waals surface area contributed by atoms with Crippen LogP contribution in [0.3, 0.4) is 0 Å². The summed E-state index contributed by atoms with van der Waals surface area (Å²) in [5.41, 5.74) is -0.233. The summed E-state index contributed by atoms with van der Waals surface area (Å²) in [6.45, 7) is 0.243. The van der Waals surface area contributed by atoms with Crippen LogP contribution in [-0.2, 0) is 17.8 Å². The number of benzene rings is 1. The predicted molar refractivity (Wildman–Crippen MR) is 69.6 cm³/mol. The first-order chi connectivity index (χ1) is 9.52. The molecule has 0 saturated heterocycles. The lowest BCUT2D eigenvalue weighted by Gasteiger charge is -2.05. The summed E-state index contributed by atoms with van der Waals surface area (Å²) in [6.07, 6.45) is -0.111. The monoisotopic (exact) mass is 277 g/mol. The number of hydrogen-bond acceptors (Lipinski definition) is 3. The molecule has 7 heteroatoms. The van der Waals surface area contributed by atoms with Crippen LogP contribution in [0.15, 0.2) is 39.9 Å². The Morgan fingerprint density at radius 3 is 2.50 bits per heavy atom. The van der Waals surface area contributed by atoms with Gasteiger partial charge in [0.1, 0.15) is 5.82 Å². The maximum atomic E-state index is 12.7. The number of H-pyrrole nitrogens is 2. The van der Waals surface area contributed by atoms with E-state index in [0.717, 1.165) is 11.6 Å². The third-order valence-corrected chi connectivity index (χ3v) is 2.57. The Morgan fingerprint density at radius 1 is 1.15 bits per heavy atom. The van der Waals surface area contributed by atoms with E-state index in [4.69, 9.17) is 0 Å². The van der Waals surface area contributed by atoms with Crippen molar-refractivity contribution < 1.29 is 9.18 Å². The van der Waals surface area contributed by atoms with E-state index in [9.17, 15) is 18.8 Å². The van der Waals surface area contributed by atoms with Gasteiger partial charge in [0.2, 0.25) is 5.91 Å². The molecule has 0 atom stereocenters. The summed E-state index contributed by atoms with van der Waals surface area (Å²) >= 11 is 0. The van der Waals surface area contributed by atoms with E-state index < -0.39 is 11.2 Å². The van der Waals surface area contributed by atoms with Gasteiger partial charge in [-0.05, 0) is 17.7 Å². The van der Waals surface area contributed by atoms with Gasteiger partial charge in [0.05, 0.1) is 6.42 Å². The maximum Gasteiger partial charge on any atom is 0.325 e. The van der Waals surface area contributed by atoms with Crippen LogP contribution < -0.4 is 16.6 Å². The van der Waals surface area contributed by atoms with Gasteiger partial charge in [-0.25, -0.2) is 9.18 Å². The van der Waals surface area contributed by atoms with Gasteiger partial charge in [-0.15, -0.1) is 0 Å². The molecule has 0 bridgehead atoms. The molecule has 104 valence electrons. The molecule has 3 N–H and O–H groups in total. The van der Waals surface area contributed by atoms with Crippen LogP contribution in [0.4, 0.5) is 4.39 Å². The molecule has 2 rings (SSSR count). The lowest BCUT2D eigenvalue weighted by Crippen LogP contribution is -2.28. The number of rotatable bonds is 4. The minimum atomic E-state index is -0.654. The van der Waals surface area contributed by atoms with E-state index in [2.05, 4.69) is 10.3 Å². The molecule has 0 aliphatic carbocycles. The lowest BCUT2D eigenvalue weighted by atomic mass is 10.2. The largest absolute Gasteiger partial charge is 0.352 e. The van der Waals surface area contributed by atoms with Gasteiger partial charge in [-0.2, -0.15) is 0 Å². The summed E-state index contributed by atoms with van der Waals surface area (Å²) < 4.78 is 12.7. The first kappa shape index (κ1) is 13.7. The summed E-state index contributed by atoms with van der Waals surface area (Å²) in [6, 6.07) is 6.87. The standard InChI is InChI=1S/C13H12FN3O3/c14-9-3-1-8(2-4-9)7-15-11(18)5-10-6-12(19)17-13(20)16-10/h1-4,6H,5,7H2,(H,15,18)(H2,16,17,19,20). The topological polar surface area (TPSA) is 94.8 Å². The second-order valence-corrected chi connectivity index (χ2v) is 4.19. The van der Waals surface area contributed by atoms with Crippen molar-refractivity contribution in [2.45, 2.75) is 13.0 Å². The van der Waals surface area contributed by atoms with Gasteiger partial charge in [-0.3, -0.25) is 14.6 Å². The molecule has 6 nitrogen and oxygen atoms in total. The quantitative estimate of drug-likeness (QED) is 0.737. The number of carbonyl (C=O) groups excluding carboxylic acids is 1. The highest BCUT2D eigenvalue weighted by Gasteiger charge is 2.05. The van der Waals surface area contributed by atoms with E-state index in [-0.39, 0.29) is 30.4 Å². The minimum absolute atomic E-state index is 0.111. The molecule has 0 aliphatic rings. The Kier molecular flexibility index (Phi) is 4.09. The van der Waals surface area contributed by atoms with Crippen LogP contribution in [0.5, 0.6) is 0 Å². The van der Waals surface area contributed by atoms with E-state index in [1.807, 2.05) is 4.98 Å². The Hall–Kier alpha value is -2.70. The zero-order chi connectivity index (χ0) is 14.5. The molecule has 0 fully saturated rings. The molecule has 2 aromatic rings. The van der Waals surface area contributed by atoms with Crippen molar-refractivity contribution in [3.05, 3.63) is 68.2 Å². The molecule has 0 spiro atoms. The Balaban J connectivity index is 1.94. The van der Waals surface area contributed by atoms with Crippen molar-refractivity contribution >= 4 is 5.91 Å². The van der Waals surface area contributed by atoms with E-state index >= 15 is 0 Å². The van der Waals surface area contributed by atoms with Crippen molar-refractivity contribution in [2.24, 2.45) is 0 Å². The smallest absolute Gasteiger partial charge is 0.325 e. The number of aromatic nitrogens is 2. The molecule has 0 saturated carbocycles. The van der Waals surface area contributed by atoms with Crippen LogP contribution in [0.2, 0.25) is 0 Å². The fraction of sp³-hybridized carbons (Fsp3) is 0.154. The van der Waals surface area contributed by atoms with Gasteiger partial charge in [0.25, 0.3) is 5.56 Å². The van der Waals surface area contributed by atoms with Crippen LogP contribution in [0.1, 0.15) is 11.3 Å². The fourth-order valence-corrected chi connectivity index (χ4v) is 1.65. The van der Waals surface area contributed by atoms with Crippen molar-refractivity contribution in [3.63, 3.8) is 0 Å². The number of nitrogens with one attached hydrogen (secondary N) is 3. The molecule has 20 heavy (non-hydrogen) atoms. The summed E-state index contributed by atoms with van der Waals surface area (Å²) in [7, 11) is 0. The van der Waals surface area contributed by atoms with Crippen LogP contribution in [0.25, 0.3) is 0 Å². The number of halogens is 1. The molecular formula is C13H12FN3O3. The average molecular weight is 277 g/mol. The van der Waals surface area contributed by atoms with Crippen molar-refractivity contribution in [3.8, 4) is 0 Å². The van der Waals surface area contributed by atoms with Crippen molar-refractivity contribution in [1.29, 1.82) is 0 Å². The van der Waals surface area contributed by atoms with Crippen LogP contribution in [0, 0.1) is 5.82 Å². The minimum Gasteiger partial charge on any atom is -0.352 e. The van der Waals surface area contributed by atoms with Crippen molar-refractivity contribution in [1.82, 2.24) is 15.3 Å². The number of amides is 1. The second kappa shape index (κ2) is 5.96. The highest BCUT2D eigenvalue weighted by molar-refractivity contribution is 5.78. The van der Waals surface area contributed by atoms with Gasteiger partial charge in [0, 0.05) is 18.3 Å². The first-order valence-corrected chi connectivity index (χ1v) is 5.86. The molecule has 1 amide bonds. The average Bonchev–Trinajstić information content (AvgIpc) is 2.37. The van der Waals surface area contributed by atoms with Crippen LogP contribution in [-0.4, -0.2) is 15.9 Å². The van der Waals surface area contributed by atoms with Gasteiger partial charge in [0.15, 0.2) is 0 Å². The van der Waals surface area contributed by atoms with E-state index in [0.29, 0.717) is 0 Å². The summed E-state index contributed by atoms with van der Waals surface area (Å²) in [4.78, 5) is 38.1. The first-order valence-electron chi connectivity index (χ1n) is 5.86. The van der Waals surface area contributed by atoms with Gasteiger partial charge < -0.3 is 10.3 Å². The third-order valence-electron chi connectivity index (χ3n) is 2.57. The van der Waals surface area contributed by atoms with Crippen molar-refractivity contribution in [2.75, 3.05) is 0 Å². The predicted octanol–water partition coefficient (Wildman–Crippen LogP) is 0.0612. The lowest BCUT2D eigenvalue weighted by molar-refractivity contribution is -0.120. The van der Waals surface area contributed by atoms with E-state index in [1.54, 1.807) is 12.1 Å². The molecule has 1 aromatic carbocycles. The normalized spacial score (nSPS) is 10.2. The summed E-state index contributed by atoms with van der Waals surface area (Å²) in [5.74, 6) is -0.697. The molecule has 0 aliphatic heterocycles. The highest BCUT2D eigenvalue weighted by Crippen LogP contribution is 2.02. The Morgan fingerprint density at radius 2 is 1.85 bits per heavy atom. The molecule has 1 heterocycles. The molecule has 0 radical (unpaired) electrons. The third kappa shape index (κ3) is 3.91. The van der Waals surface area contributed by atoms with Crippen LogP contribution >= 0.6 is 0 Å². The van der Waals surface area contributed by atoms with E-state index in [1.165, 1.54) is 12.1 Å². The second-order valence-electron chi connectivity index (χ2n) is 4.19. The zero-order valence-electron chi connectivity index (χ0n) is 10.4. The van der Waals surface area contributed by atoms with Gasteiger partial charge in [-0.1, -0.05) is 12.1 Å². The molecular weight excluding hydrogens is 265 g/mol. The Labute approximate surface area is 112 Å². The fourth-order valence-electron chi connectivity index (χ4n) is 1.65.